The number of carbonyl (C=O) groups is 1. The second-order valence-corrected chi connectivity index (χ2v) is 9.41. The van der Waals surface area contributed by atoms with E-state index in [1.807, 2.05) is 17.7 Å². The van der Waals surface area contributed by atoms with Gasteiger partial charge < -0.3 is 10.1 Å². The van der Waals surface area contributed by atoms with Crippen molar-refractivity contribution in [3.05, 3.63) is 52.0 Å². The van der Waals surface area contributed by atoms with Crippen LogP contribution in [-0.2, 0) is 24.4 Å². The molecule has 0 saturated carbocycles. The number of ether oxygens (including phenoxy) is 1. The van der Waals surface area contributed by atoms with Gasteiger partial charge in [0.15, 0.2) is 0 Å². The lowest BCUT2D eigenvalue weighted by molar-refractivity contribution is 0.0342. The molecule has 30 heavy (non-hydrogen) atoms. The highest BCUT2D eigenvalue weighted by molar-refractivity contribution is 7.20. The standard InChI is InChI=1S/C23H30N4O2S/c1-16(2)14-27-23-20(17(3)25-27)12-21(30-23)22(28)24-13-18-4-6-19(7-5-18)15-26-8-10-29-11-9-26/h4-7,12,16H,8-11,13-15H2,1-3H3,(H,24,28). The van der Waals surface area contributed by atoms with Crippen molar-refractivity contribution in [3.8, 4) is 0 Å². The molecule has 6 nitrogen and oxygen atoms in total. The van der Waals surface area contributed by atoms with Crippen molar-refractivity contribution in [2.45, 2.75) is 40.4 Å². The summed E-state index contributed by atoms with van der Waals surface area (Å²) < 4.78 is 7.44. The lowest BCUT2D eigenvalue weighted by Crippen LogP contribution is -2.35. The van der Waals surface area contributed by atoms with Crippen LogP contribution in [0.3, 0.4) is 0 Å². The molecule has 0 atom stereocenters. The number of hydrogen-bond donors (Lipinski definition) is 1. The zero-order valence-corrected chi connectivity index (χ0v) is 18.8. The molecule has 0 radical (unpaired) electrons. The molecule has 0 unspecified atom stereocenters. The van der Waals surface area contributed by atoms with E-state index in [2.05, 4.69) is 53.4 Å². The maximum absolute atomic E-state index is 12.7. The summed E-state index contributed by atoms with van der Waals surface area (Å²) in [5.41, 5.74) is 3.39. The molecular weight excluding hydrogens is 396 g/mol. The Morgan fingerprint density at radius 3 is 2.60 bits per heavy atom. The first-order valence-corrected chi connectivity index (χ1v) is 11.4. The smallest absolute Gasteiger partial charge is 0.261 e. The maximum atomic E-state index is 12.7. The van der Waals surface area contributed by atoms with Crippen molar-refractivity contribution in [1.82, 2.24) is 20.0 Å². The Kier molecular flexibility index (Phi) is 6.51. The topological polar surface area (TPSA) is 59.4 Å². The summed E-state index contributed by atoms with van der Waals surface area (Å²) in [6.07, 6.45) is 0. The third-order valence-corrected chi connectivity index (χ3v) is 6.50. The van der Waals surface area contributed by atoms with Crippen LogP contribution in [0.15, 0.2) is 30.3 Å². The summed E-state index contributed by atoms with van der Waals surface area (Å²) in [5.74, 6) is 0.488. The van der Waals surface area contributed by atoms with Crippen LogP contribution in [0.1, 0.15) is 40.3 Å². The van der Waals surface area contributed by atoms with Crippen molar-refractivity contribution in [2.75, 3.05) is 26.3 Å². The van der Waals surface area contributed by atoms with E-state index in [4.69, 9.17) is 4.74 Å². The van der Waals surface area contributed by atoms with E-state index in [-0.39, 0.29) is 5.91 Å². The van der Waals surface area contributed by atoms with E-state index in [9.17, 15) is 4.79 Å². The molecule has 0 aliphatic carbocycles. The number of aromatic nitrogens is 2. The third kappa shape index (κ3) is 4.91. The Balaban J connectivity index is 1.36. The number of aryl methyl sites for hydroxylation is 1. The van der Waals surface area contributed by atoms with Gasteiger partial charge in [-0.05, 0) is 30.0 Å². The van der Waals surface area contributed by atoms with Gasteiger partial charge >= 0.3 is 0 Å². The van der Waals surface area contributed by atoms with Gasteiger partial charge in [-0.3, -0.25) is 14.4 Å². The zero-order chi connectivity index (χ0) is 21.1. The van der Waals surface area contributed by atoms with Crippen LogP contribution >= 0.6 is 11.3 Å². The van der Waals surface area contributed by atoms with Crippen LogP contribution in [0.2, 0.25) is 0 Å². The Hall–Kier alpha value is -2.22. The molecule has 3 aromatic rings. The monoisotopic (exact) mass is 426 g/mol. The fourth-order valence-corrected chi connectivity index (χ4v) is 4.83. The number of amides is 1. The third-order valence-electron chi connectivity index (χ3n) is 5.36. The predicted molar refractivity (Wildman–Crippen MR) is 121 cm³/mol. The Morgan fingerprint density at radius 2 is 1.90 bits per heavy atom. The van der Waals surface area contributed by atoms with Crippen LogP contribution in [0.4, 0.5) is 0 Å². The van der Waals surface area contributed by atoms with E-state index in [1.165, 1.54) is 16.9 Å². The van der Waals surface area contributed by atoms with E-state index < -0.39 is 0 Å². The van der Waals surface area contributed by atoms with Gasteiger partial charge in [-0.1, -0.05) is 38.1 Å². The molecular formula is C23H30N4O2S. The molecule has 0 bridgehead atoms. The molecule has 1 fully saturated rings. The quantitative estimate of drug-likeness (QED) is 0.624. The largest absolute Gasteiger partial charge is 0.379 e. The van der Waals surface area contributed by atoms with Crippen LogP contribution < -0.4 is 5.32 Å². The normalized spacial score (nSPS) is 15.2. The Morgan fingerprint density at radius 1 is 1.20 bits per heavy atom. The first kappa shape index (κ1) is 21.0. The molecule has 3 heterocycles. The van der Waals surface area contributed by atoms with Gasteiger partial charge in [0.2, 0.25) is 0 Å². The van der Waals surface area contributed by atoms with Crippen LogP contribution in [0.25, 0.3) is 10.2 Å². The molecule has 160 valence electrons. The molecule has 1 aliphatic rings. The number of rotatable bonds is 7. The van der Waals surface area contributed by atoms with E-state index in [1.54, 1.807) is 0 Å². The highest BCUT2D eigenvalue weighted by atomic mass is 32.1. The van der Waals surface area contributed by atoms with Crippen molar-refractivity contribution in [2.24, 2.45) is 5.92 Å². The molecule has 1 amide bonds. The summed E-state index contributed by atoms with van der Waals surface area (Å²) in [5, 5.41) is 8.76. The lowest BCUT2D eigenvalue weighted by Gasteiger charge is -2.26. The minimum absolute atomic E-state index is 0.0240. The van der Waals surface area contributed by atoms with Crippen LogP contribution in [0.5, 0.6) is 0 Å². The van der Waals surface area contributed by atoms with Crippen molar-refractivity contribution >= 4 is 27.5 Å². The van der Waals surface area contributed by atoms with Gasteiger partial charge in [0, 0.05) is 38.1 Å². The van der Waals surface area contributed by atoms with Gasteiger partial charge in [-0.25, -0.2) is 0 Å². The number of benzene rings is 1. The van der Waals surface area contributed by atoms with Crippen LogP contribution in [0, 0.1) is 12.8 Å². The fourth-order valence-electron chi connectivity index (χ4n) is 3.74. The molecule has 1 saturated heterocycles. The average molecular weight is 427 g/mol. The SMILES string of the molecule is Cc1nn(CC(C)C)c2sc(C(=O)NCc3ccc(CN4CCOCC4)cc3)cc12. The first-order valence-electron chi connectivity index (χ1n) is 10.6. The van der Waals surface area contributed by atoms with Crippen molar-refractivity contribution in [1.29, 1.82) is 0 Å². The van der Waals surface area contributed by atoms with Gasteiger partial charge in [0.25, 0.3) is 5.91 Å². The second-order valence-electron chi connectivity index (χ2n) is 8.38. The second kappa shape index (κ2) is 9.29. The Labute approximate surface area is 181 Å². The van der Waals surface area contributed by atoms with Crippen molar-refractivity contribution < 1.29 is 9.53 Å². The average Bonchev–Trinajstić information content (AvgIpc) is 3.29. The van der Waals surface area contributed by atoms with Crippen molar-refractivity contribution in [3.63, 3.8) is 0 Å². The maximum Gasteiger partial charge on any atom is 0.261 e. The predicted octanol–water partition coefficient (Wildman–Crippen LogP) is 3.82. The van der Waals surface area contributed by atoms with Gasteiger partial charge in [-0.15, -0.1) is 11.3 Å². The number of morpholine rings is 1. The van der Waals surface area contributed by atoms with E-state index >= 15 is 0 Å². The molecule has 2 aromatic heterocycles. The van der Waals surface area contributed by atoms with Gasteiger partial charge in [0.1, 0.15) is 4.83 Å². The lowest BCUT2D eigenvalue weighted by atomic mass is 10.1. The van der Waals surface area contributed by atoms with Gasteiger partial charge in [-0.2, -0.15) is 5.10 Å². The molecule has 1 aromatic carbocycles. The number of thiophene rings is 1. The summed E-state index contributed by atoms with van der Waals surface area (Å²) in [7, 11) is 0. The van der Waals surface area contributed by atoms with E-state index in [0.717, 1.165) is 65.7 Å². The highest BCUT2D eigenvalue weighted by Crippen LogP contribution is 2.29. The molecule has 1 aliphatic heterocycles. The summed E-state index contributed by atoms with van der Waals surface area (Å²) in [4.78, 5) is 16.9. The molecule has 7 heteroatoms. The minimum Gasteiger partial charge on any atom is -0.379 e. The summed E-state index contributed by atoms with van der Waals surface area (Å²) in [6, 6.07) is 10.5. The summed E-state index contributed by atoms with van der Waals surface area (Å²) >= 11 is 1.52. The van der Waals surface area contributed by atoms with E-state index in [0.29, 0.717) is 12.5 Å². The van der Waals surface area contributed by atoms with Crippen LogP contribution in [-0.4, -0.2) is 46.9 Å². The number of carbonyl (C=O) groups excluding carboxylic acids is 1. The first-order chi connectivity index (χ1) is 14.5. The van der Waals surface area contributed by atoms with Gasteiger partial charge in [0.05, 0.1) is 23.8 Å². The zero-order valence-electron chi connectivity index (χ0n) is 18.0. The number of nitrogens with one attached hydrogen (secondary N) is 1. The number of fused-ring (bicyclic) bond motifs is 1. The molecule has 0 spiro atoms. The molecule has 4 rings (SSSR count). The fraction of sp³-hybridized carbons (Fsp3) is 0.478. The number of nitrogens with zero attached hydrogens (tertiary/aromatic N) is 3. The molecule has 1 N–H and O–H groups in total. The minimum atomic E-state index is -0.0240. The number of hydrogen-bond acceptors (Lipinski definition) is 5. The Bertz CT molecular complexity index is 1000. The summed E-state index contributed by atoms with van der Waals surface area (Å²) in [6.45, 7) is 12.3. The highest BCUT2D eigenvalue weighted by Gasteiger charge is 2.17.